The Morgan fingerprint density at radius 3 is 2.70 bits per heavy atom. The first-order chi connectivity index (χ1) is 13.2. The molecule has 0 aliphatic heterocycles. The molecule has 0 aliphatic carbocycles. The zero-order valence-corrected chi connectivity index (χ0v) is 14.6. The van der Waals surface area contributed by atoms with Gasteiger partial charge in [-0.3, -0.25) is 14.9 Å². The van der Waals surface area contributed by atoms with E-state index in [0.717, 1.165) is 11.8 Å². The Labute approximate surface area is 157 Å². The van der Waals surface area contributed by atoms with Crippen molar-refractivity contribution in [2.45, 2.75) is 0 Å². The molecule has 0 atom stereocenters. The Morgan fingerprint density at radius 2 is 1.93 bits per heavy atom. The van der Waals surface area contributed by atoms with Crippen LogP contribution in [-0.4, -0.2) is 10.9 Å². The lowest BCUT2D eigenvalue weighted by Crippen LogP contribution is -2.21. The Bertz CT molecular complexity index is 1250. The summed E-state index contributed by atoms with van der Waals surface area (Å²) in [5.41, 5.74) is 2.02. The van der Waals surface area contributed by atoms with Gasteiger partial charge in [0.05, 0.1) is 22.7 Å². The summed E-state index contributed by atoms with van der Waals surface area (Å²) in [6.45, 7) is 0. The molecule has 0 fully saturated rings. The molecule has 1 amide bonds. The summed E-state index contributed by atoms with van der Waals surface area (Å²) in [4.78, 5) is 29.3. The minimum atomic E-state index is -0.574. The summed E-state index contributed by atoms with van der Waals surface area (Å²) in [7, 11) is 0. The lowest BCUT2D eigenvalue weighted by Gasteiger charge is -2.02. The topological polar surface area (TPSA) is 96.0 Å². The van der Waals surface area contributed by atoms with Crippen molar-refractivity contribution in [2.75, 3.05) is 5.32 Å². The fourth-order valence-corrected chi connectivity index (χ4v) is 3.29. The van der Waals surface area contributed by atoms with Crippen molar-refractivity contribution in [2.24, 2.45) is 0 Å². The SMILES string of the molecule is N#Cc1ccc(-c2csc(NC(=O)c3coc4ccccc4c3=O)n2)cc1. The van der Waals surface area contributed by atoms with Gasteiger partial charge in [0.2, 0.25) is 5.43 Å². The fourth-order valence-electron chi connectivity index (χ4n) is 2.58. The van der Waals surface area contributed by atoms with E-state index >= 15 is 0 Å². The van der Waals surface area contributed by atoms with E-state index in [1.807, 2.05) is 0 Å². The third kappa shape index (κ3) is 3.21. The highest BCUT2D eigenvalue weighted by Crippen LogP contribution is 2.25. The van der Waals surface area contributed by atoms with Crippen LogP contribution in [0.5, 0.6) is 0 Å². The van der Waals surface area contributed by atoms with Crippen molar-refractivity contribution in [1.29, 1.82) is 5.26 Å². The Kier molecular flexibility index (Phi) is 4.24. The largest absolute Gasteiger partial charge is 0.463 e. The summed E-state index contributed by atoms with van der Waals surface area (Å²) in [5, 5.41) is 14.0. The first-order valence-electron chi connectivity index (χ1n) is 7.93. The normalized spacial score (nSPS) is 10.5. The number of thiazole rings is 1. The number of carbonyl (C=O) groups is 1. The van der Waals surface area contributed by atoms with E-state index in [1.54, 1.807) is 53.9 Å². The molecule has 4 rings (SSSR count). The van der Waals surface area contributed by atoms with Crippen LogP contribution in [0.15, 0.2) is 69.4 Å². The number of aromatic nitrogens is 1. The lowest BCUT2D eigenvalue weighted by atomic mass is 10.1. The number of fused-ring (bicyclic) bond motifs is 1. The molecule has 2 aromatic carbocycles. The highest BCUT2D eigenvalue weighted by Gasteiger charge is 2.16. The molecular formula is C20H11N3O3S. The molecule has 7 heteroatoms. The number of nitriles is 1. The molecule has 4 aromatic rings. The first-order valence-corrected chi connectivity index (χ1v) is 8.81. The Hall–Kier alpha value is -3.76. The van der Waals surface area contributed by atoms with Gasteiger partial charge in [0, 0.05) is 10.9 Å². The van der Waals surface area contributed by atoms with Gasteiger partial charge in [0.25, 0.3) is 5.91 Å². The van der Waals surface area contributed by atoms with Crippen LogP contribution in [-0.2, 0) is 0 Å². The van der Waals surface area contributed by atoms with Gasteiger partial charge in [0.1, 0.15) is 17.4 Å². The van der Waals surface area contributed by atoms with Gasteiger partial charge < -0.3 is 4.42 Å². The van der Waals surface area contributed by atoms with Crippen LogP contribution in [0.2, 0.25) is 0 Å². The van der Waals surface area contributed by atoms with Crippen molar-refractivity contribution in [3.8, 4) is 17.3 Å². The molecule has 27 heavy (non-hydrogen) atoms. The maximum Gasteiger partial charge on any atom is 0.264 e. The Morgan fingerprint density at radius 1 is 1.15 bits per heavy atom. The maximum absolute atomic E-state index is 12.5. The molecule has 0 aliphatic rings. The molecule has 0 spiro atoms. The van der Waals surface area contributed by atoms with Crippen LogP contribution in [0.25, 0.3) is 22.2 Å². The highest BCUT2D eigenvalue weighted by molar-refractivity contribution is 7.14. The van der Waals surface area contributed by atoms with E-state index in [4.69, 9.17) is 9.68 Å². The van der Waals surface area contributed by atoms with Crippen molar-refractivity contribution in [3.63, 3.8) is 0 Å². The average Bonchev–Trinajstić information content (AvgIpc) is 3.17. The summed E-state index contributed by atoms with van der Waals surface area (Å²) in [6.07, 6.45) is 1.16. The zero-order valence-electron chi connectivity index (χ0n) is 13.8. The molecule has 6 nitrogen and oxygen atoms in total. The lowest BCUT2D eigenvalue weighted by molar-refractivity contribution is 0.102. The standard InChI is InChI=1S/C20H11N3O3S/c21-9-12-5-7-13(8-6-12)16-11-27-20(22-16)23-19(25)15-10-26-17-4-2-1-3-14(17)18(15)24/h1-8,10-11H,(H,22,23,25). The smallest absolute Gasteiger partial charge is 0.264 e. The molecule has 2 heterocycles. The van der Waals surface area contributed by atoms with Crippen LogP contribution >= 0.6 is 11.3 Å². The molecule has 130 valence electrons. The van der Waals surface area contributed by atoms with Gasteiger partial charge in [-0.15, -0.1) is 11.3 Å². The molecule has 2 aromatic heterocycles. The number of rotatable bonds is 3. The van der Waals surface area contributed by atoms with Gasteiger partial charge in [-0.25, -0.2) is 4.98 Å². The predicted octanol–water partition coefficient (Wildman–Crippen LogP) is 4.04. The summed E-state index contributed by atoms with van der Waals surface area (Å²) < 4.78 is 5.37. The second-order valence-corrected chi connectivity index (χ2v) is 6.51. The van der Waals surface area contributed by atoms with Crippen LogP contribution in [0, 0.1) is 11.3 Å². The molecule has 0 bridgehead atoms. The fraction of sp³-hybridized carbons (Fsp3) is 0. The van der Waals surface area contributed by atoms with Gasteiger partial charge in [0.15, 0.2) is 5.13 Å². The summed E-state index contributed by atoms with van der Waals surface area (Å²) in [5.74, 6) is -0.574. The van der Waals surface area contributed by atoms with E-state index in [9.17, 15) is 9.59 Å². The van der Waals surface area contributed by atoms with Crippen molar-refractivity contribution in [1.82, 2.24) is 4.98 Å². The second-order valence-electron chi connectivity index (χ2n) is 5.66. The summed E-state index contributed by atoms with van der Waals surface area (Å²) in [6, 6.07) is 15.8. The number of hydrogen-bond acceptors (Lipinski definition) is 6. The minimum Gasteiger partial charge on any atom is -0.463 e. The van der Waals surface area contributed by atoms with Crippen LogP contribution < -0.4 is 10.7 Å². The van der Waals surface area contributed by atoms with Gasteiger partial charge in [-0.05, 0) is 24.3 Å². The number of para-hydroxylation sites is 1. The van der Waals surface area contributed by atoms with Crippen molar-refractivity contribution < 1.29 is 9.21 Å². The van der Waals surface area contributed by atoms with Crippen LogP contribution in [0.1, 0.15) is 15.9 Å². The van der Waals surface area contributed by atoms with Gasteiger partial charge in [-0.2, -0.15) is 5.26 Å². The number of nitrogens with zero attached hydrogens (tertiary/aromatic N) is 2. The molecule has 0 saturated carbocycles. The monoisotopic (exact) mass is 373 g/mol. The maximum atomic E-state index is 12.5. The molecule has 1 N–H and O–H groups in total. The predicted molar refractivity (Wildman–Crippen MR) is 103 cm³/mol. The van der Waals surface area contributed by atoms with Gasteiger partial charge in [-0.1, -0.05) is 24.3 Å². The molecule has 0 saturated heterocycles. The zero-order chi connectivity index (χ0) is 18.8. The number of nitrogens with one attached hydrogen (secondary N) is 1. The van der Waals surface area contributed by atoms with Crippen LogP contribution in [0.3, 0.4) is 0 Å². The van der Waals surface area contributed by atoms with E-state index < -0.39 is 11.3 Å². The van der Waals surface area contributed by atoms with Crippen molar-refractivity contribution >= 4 is 33.3 Å². The minimum absolute atomic E-state index is 0.0798. The molecular weight excluding hydrogens is 362 g/mol. The number of anilines is 1. The second kappa shape index (κ2) is 6.86. The van der Waals surface area contributed by atoms with E-state index in [1.165, 1.54) is 11.3 Å². The number of hydrogen-bond donors (Lipinski definition) is 1. The summed E-state index contributed by atoms with van der Waals surface area (Å²) >= 11 is 1.25. The highest BCUT2D eigenvalue weighted by atomic mass is 32.1. The van der Waals surface area contributed by atoms with Gasteiger partial charge >= 0.3 is 0 Å². The van der Waals surface area contributed by atoms with Crippen molar-refractivity contribution in [3.05, 3.63) is 81.5 Å². The van der Waals surface area contributed by atoms with E-state index in [-0.39, 0.29) is 5.56 Å². The molecule has 0 radical (unpaired) electrons. The molecule has 0 unspecified atom stereocenters. The van der Waals surface area contributed by atoms with Crippen LogP contribution in [0.4, 0.5) is 5.13 Å². The first kappa shape index (κ1) is 16.7. The quantitative estimate of drug-likeness (QED) is 0.585. The Balaban J connectivity index is 1.59. The third-order valence-electron chi connectivity index (χ3n) is 3.96. The number of amides is 1. The average molecular weight is 373 g/mol. The number of carbonyl (C=O) groups excluding carboxylic acids is 1. The number of benzene rings is 2. The third-order valence-corrected chi connectivity index (χ3v) is 4.72. The van der Waals surface area contributed by atoms with E-state index in [0.29, 0.717) is 27.4 Å². The van der Waals surface area contributed by atoms with E-state index in [2.05, 4.69) is 16.4 Å².